The molecule has 0 spiro atoms. The van der Waals surface area contributed by atoms with E-state index in [1.165, 1.54) is 5.56 Å². The van der Waals surface area contributed by atoms with Crippen molar-refractivity contribution < 1.29 is 14.3 Å². The molecule has 0 heterocycles. The Kier molecular flexibility index (Phi) is 5.80. The van der Waals surface area contributed by atoms with Crippen molar-refractivity contribution in [1.29, 1.82) is 0 Å². The highest BCUT2D eigenvalue weighted by molar-refractivity contribution is 6.67. The summed E-state index contributed by atoms with van der Waals surface area (Å²) >= 11 is 5.45. The molecular weight excluding hydrogens is 288 g/mol. The normalized spacial score (nSPS) is 21.8. The third-order valence-corrected chi connectivity index (χ3v) is 4.43. The van der Waals surface area contributed by atoms with Gasteiger partial charge in [-0.25, -0.2) is 0 Å². The zero-order valence-electron chi connectivity index (χ0n) is 12.3. The summed E-state index contributed by atoms with van der Waals surface area (Å²) in [7, 11) is 0. The number of hydrogen-bond donors (Lipinski definition) is 0. The van der Waals surface area contributed by atoms with E-state index >= 15 is 0 Å². The summed E-state index contributed by atoms with van der Waals surface area (Å²) in [6, 6.07) is 7.56. The van der Waals surface area contributed by atoms with Crippen molar-refractivity contribution in [2.75, 3.05) is 6.61 Å². The van der Waals surface area contributed by atoms with E-state index in [4.69, 9.17) is 16.3 Å². The van der Waals surface area contributed by atoms with Gasteiger partial charge in [-0.1, -0.05) is 12.1 Å². The lowest BCUT2D eigenvalue weighted by Crippen LogP contribution is -2.17. The fraction of sp³-hybridized carbons (Fsp3) is 0.529. The second-order valence-electron chi connectivity index (χ2n) is 5.62. The van der Waals surface area contributed by atoms with Crippen LogP contribution >= 0.6 is 11.6 Å². The molecule has 1 fully saturated rings. The SMILES string of the molecule is CCOC(=O)CC1CCC(c2ccc(C(=O)Cl)cc2)CC1. The van der Waals surface area contributed by atoms with Crippen molar-refractivity contribution in [3.63, 3.8) is 0 Å². The summed E-state index contributed by atoms with van der Waals surface area (Å²) in [5.41, 5.74) is 1.79. The van der Waals surface area contributed by atoms with Gasteiger partial charge in [-0.2, -0.15) is 0 Å². The van der Waals surface area contributed by atoms with Crippen LogP contribution in [0, 0.1) is 5.92 Å². The Morgan fingerprint density at radius 2 is 1.76 bits per heavy atom. The number of halogens is 1. The van der Waals surface area contributed by atoms with Gasteiger partial charge in [0.2, 0.25) is 0 Å². The summed E-state index contributed by atoms with van der Waals surface area (Å²) in [6.07, 6.45) is 4.82. The minimum atomic E-state index is -0.417. The maximum absolute atomic E-state index is 11.5. The van der Waals surface area contributed by atoms with Crippen LogP contribution in [0.3, 0.4) is 0 Å². The number of ether oxygens (including phenoxy) is 1. The minimum absolute atomic E-state index is 0.0778. The van der Waals surface area contributed by atoms with Gasteiger partial charge in [-0.05, 0) is 73.7 Å². The molecule has 0 atom stereocenters. The van der Waals surface area contributed by atoms with E-state index in [-0.39, 0.29) is 5.97 Å². The first-order valence-corrected chi connectivity index (χ1v) is 7.93. The van der Waals surface area contributed by atoms with Gasteiger partial charge >= 0.3 is 5.97 Å². The maximum Gasteiger partial charge on any atom is 0.306 e. The molecule has 0 N–H and O–H groups in total. The van der Waals surface area contributed by atoms with Crippen LogP contribution in [0.25, 0.3) is 0 Å². The van der Waals surface area contributed by atoms with Crippen LogP contribution in [-0.4, -0.2) is 17.8 Å². The van der Waals surface area contributed by atoms with Gasteiger partial charge in [0, 0.05) is 12.0 Å². The number of carbonyl (C=O) groups is 2. The highest BCUT2D eigenvalue weighted by atomic mass is 35.5. The Morgan fingerprint density at radius 1 is 1.14 bits per heavy atom. The molecule has 1 aliphatic rings. The number of benzene rings is 1. The molecular formula is C17H21ClO3. The second-order valence-corrected chi connectivity index (χ2v) is 5.97. The standard InChI is InChI=1S/C17H21ClO3/c1-2-21-16(19)11-12-3-5-13(6-4-12)14-7-9-15(10-8-14)17(18)20/h7-10,12-13H,2-6,11H2,1H3. The highest BCUT2D eigenvalue weighted by Crippen LogP contribution is 2.37. The van der Waals surface area contributed by atoms with Crippen LogP contribution < -0.4 is 0 Å². The zero-order valence-corrected chi connectivity index (χ0v) is 13.1. The number of carbonyl (C=O) groups excluding carboxylic acids is 2. The smallest absolute Gasteiger partial charge is 0.306 e. The molecule has 1 saturated carbocycles. The Balaban J connectivity index is 1.86. The molecule has 3 nitrogen and oxygen atoms in total. The van der Waals surface area contributed by atoms with Crippen LogP contribution in [-0.2, 0) is 9.53 Å². The summed E-state index contributed by atoms with van der Waals surface area (Å²) in [6.45, 7) is 2.30. The summed E-state index contributed by atoms with van der Waals surface area (Å²) < 4.78 is 5.01. The predicted molar refractivity (Wildman–Crippen MR) is 82.6 cm³/mol. The third kappa shape index (κ3) is 4.57. The largest absolute Gasteiger partial charge is 0.466 e. The van der Waals surface area contributed by atoms with Crippen LogP contribution in [0.15, 0.2) is 24.3 Å². The molecule has 0 bridgehead atoms. The van der Waals surface area contributed by atoms with E-state index < -0.39 is 5.24 Å². The van der Waals surface area contributed by atoms with Crippen LogP contribution in [0.1, 0.15) is 60.9 Å². The topological polar surface area (TPSA) is 43.4 Å². The molecule has 0 aromatic heterocycles. The van der Waals surface area contributed by atoms with Crippen molar-refractivity contribution >= 4 is 22.8 Å². The maximum atomic E-state index is 11.5. The second kappa shape index (κ2) is 7.60. The van der Waals surface area contributed by atoms with E-state index in [1.54, 1.807) is 12.1 Å². The Labute approximate surface area is 130 Å². The van der Waals surface area contributed by atoms with E-state index in [0.29, 0.717) is 30.4 Å². The van der Waals surface area contributed by atoms with Gasteiger partial charge in [0.1, 0.15) is 0 Å². The lowest BCUT2D eigenvalue weighted by Gasteiger charge is -2.28. The molecule has 0 amide bonds. The summed E-state index contributed by atoms with van der Waals surface area (Å²) in [5, 5.41) is -0.417. The molecule has 114 valence electrons. The van der Waals surface area contributed by atoms with Crippen molar-refractivity contribution in [2.45, 2.75) is 44.9 Å². The number of rotatable bonds is 5. The van der Waals surface area contributed by atoms with E-state index in [1.807, 2.05) is 19.1 Å². The Morgan fingerprint density at radius 3 is 2.29 bits per heavy atom. The fourth-order valence-electron chi connectivity index (χ4n) is 3.04. The van der Waals surface area contributed by atoms with Crippen molar-refractivity contribution in [3.8, 4) is 0 Å². The quantitative estimate of drug-likeness (QED) is 0.602. The predicted octanol–water partition coefficient (Wildman–Crippen LogP) is 4.29. The molecule has 0 saturated heterocycles. The first-order valence-electron chi connectivity index (χ1n) is 7.55. The molecule has 0 unspecified atom stereocenters. The fourth-order valence-corrected chi connectivity index (χ4v) is 3.17. The van der Waals surface area contributed by atoms with Crippen molar-refractivity contribution in [2.24, 2.45) is 5.92 Å². The van der Waals surface area contributed by atoms with Crippen molar-refractivity contribution in [1.82, 2.24) is 0 Å². The first kappa shape index (κ1) is 16.0. The first-order chi connectivity index (χ1) is 10.1. The molecule has 1 aromatic carbocycles. The Hall–Kier alpha value is -1.35. The molecule has 4 heteroatoms. The average Bonchev–Trinajstić information content (AvgIpc) is 2.48. The summed E-state index contributed by atoms with van der Waals surface area (Å²) in [5.74, 6) is 0.887. The van der Waals surface area contributed by atoms with E-state index in [0.717, 1.165) is 25.7 Å². The van der Waals surface area contributed by atoms with Crippen LogP contribution in [0.4, 0.5) is 0 Å². The van der Waals surface area contributed by atoms with Crippen LogP contribution in [0.5, 0.6) is 0 Å². The zero-order chi connectivity index (χ0) is 15.2. The van der Waals surface area contributed by atoms with Crippen molar-refractivity contribution in [3.05, 3.63) is 35.4 Å². The van der Waals surface area contributed by atoms with Gasteiger partial charge in [-0.15, -0.1) is 0 Å². The molecule has 1 aliphatic carbocycles. The molecule has 1 aromatic rings. The van der Waals surface area contributed by atoms with E-state index in [9.17, 15) is 9.59 Å². The van der Waals surface area contributed by atoms with E-state index in [2.05, 4.69) is 0 Å². The van der Waals surface area contributed by atoms with Crippen LogP contribution in [0.2, 0.25) is 0 Å². The average molecular weight is 309 g/mol. The third-order valence-electron chi connectivity index (χ3n) is 4.22. The molecule has 21 heavy (non-hydrogen) atoms. The summed E-state index contributed by atoms with van der Waals surface area (Å²) in [4.78, 5) is 22.6. The molecule has 2 rings (SSSR count). The number of esters is 1. The van der Waals surface area contributed by atoms with Gasteiger partial charge < -0.3 is 4.74 Å². The van der Waals surface area contributed by atoms with Gasteiger partial charge in [0.05, 0.1) is 6.61 Å². The lowest BCUT2D eigenvalue weighted by molar-refractivity contribution is -0.144. The lowest BCUT2D eigenvalue weighted by atomic mass is 9.77. The van der Waals surface area contributed by atoms with Gasteiger partial charge in [0.25, 0.3) is 5.24 Å². The molecule has 0 radical (unpaired) electrons. The van der Waals surface area contributed by atoms with Gasteiger partial charge in [0.15, 0.2) is 0 Å². The Bertz CT molecular complexity index is 487. The highest BCUT2D eigenvalue weighted by Gasteiger charge is 2.24. The molecule has 0 aliphatic heterocycles. The number of hydrogen-bond acceptors (Lipinski definition) is 3. The monoisotopic (exact) mass is 308 g/mol. The minimum Gasteiger partial charge on any atom is -0.466 e. The van der Waals surface area contributed by atoms with Gasteiger partial charge in [-0.3, -0.25) is 9.59 Å².